The lowest BCUT2D eigenvalue weighted by Crippen LogP contribution is -2.37. The van der Waals surface area contributed by atoms with Crippen molar-refractivity contribution in [1.29, 1.82) is 0 Å². The van der Waals surface area contributed by atoms with Gasteiger partial charge in [-0.3, -0.25) is 18.6 Å². The molecule has 0 amide bonds. The molecule has 33 heavy (non-hydrogen) atoms. The summed E-state index contributed by atoms with van der Waals surface area (Å²) in [6.07, 6.45) is 8.29. The standard InChI is InChI=1S/C23H46NO8P/c1-6-8-10-12-14-16-23(26)32-21(19-29-22(25)15-13-11-9-7-2)20-31-33(27,28)30-18-17-24(3,4)5/h21H,6-20H2,1-5H3/p+1. The smallest absolute Gasteiger partial charge is 0.462 e. The molecule has 0 aliphatic rings. The summed E-state index contributed by atoms with van der Waals surface area (Å²) in [6, 6.07) is 0. The summed E-state index contributed by atoms with van der Waals surface area (Å²) < 4.78 is 33.3. The number of hydrogen-bond acceptors (Lipinski definition) is 7. The zero-order valence-corrected chi connectivity index (χ0v) is 22.3. The number of quaternary nitrogens is 1. The van der Waals surface area contributed by atoms with Gasteiger partial charge in [-0.15, -0.1) is 0 Å². The third kappa shape index (κ3) is 21.3. The largest absolute Gasteiger partial charge is 0.472 e. The lowest BCUT2D eigenvalue weighted by atomic mass is 10.1. The van der Waals surface area contributed by atoms with Gasteiger partial charge >= 0.3 is 19.8 Å². The molecule has 0 aromatic carbocycles. The second-order valence-corrected chi connectivity index (χ2v) is 10.8. The van der Waals surface area contributed by atoms with Crippen molar-refractivity contribution in [3.8, 4) is 0 Å². The Hall–Kier alpha value is -0.990. The predicted molar refractivity (Wildman–Crippen MR) is 128 cm³/mol. The Balaban J connectivity index is 4.63. The number of unbranched alkanes of at least 4 members (excludes halogenated alkanes) is 7. The maximum Gasteiger partial charge on any atom is 0.472 e. The van der Waals surface area contributed by atoms with Crippen molar-refractivity contribution in [3.05, 3.63) is 0 Å². The molecule has 2 atom stereocenters. The zero-order valence-electron chi connectivity index (χ0n) is 21.4. The van der Waals surface area contributed by atoms with Crippen molar-refractivity contribution in [1.82, 2.24) is 0 Å². The average Bonchev–Trinajstić information content (AvgIpc) is 2.72. The van der Waals surface area contributed by atoms with Gasteiger partial charge in [0.25, 0.3) is 0 Å². The van der Waals surface area contributed by atoms with Crippen molar-refractivity contribution in [3.63, 3.8) is 0 Å². The lowest BCUT2D eigenvalue weighted by molar-refractivity contribution is -0.870. The first kappa shape index (κ1) is 32.0. The predicted octanol–water partition coefficient (Wildman–Crippen LogP) is 4.61. The first-order chi connectivity index (χ1) is 15.5. The third-order valence-electron chi connectivity index (χ3n) is 4.89. The van der Waals surface area contributed by atoms with Crippen LogP contribution >= 0.6 is 7.82 Å². The summed E-state index contributed by atoms with van der Waals surface area (Å²) in [5.41, 5.74) is 0. The molecule has 1 N–H and O–H groups in total. The van der Waals surface area contributed by atoms with Gasteiger partial charge in [0.2, 0.25) is 0 Å². The monoisotopic (exact) mass is 496 g/mol. The van der Waals surface area contributed by atoms with E-state index in [1.54, 1.807) is 0 Å². The molecular formula is C23H47NO8P+. The molecular weight excluding hydrogens is 449 g/mol. The summed E-state index contributed by atoms with van der Waals surface area (Å²) in [4.78, 5) is 34.1. The fourth-order valence-corrected chi connectivity index (χ4v) is 3.57. The number of phosphoric ester groups is 1. The molecule has 0 saturated carbocycles. The summed E-state index contributed by atoms with van der Waals surface area (Å²) in [5.74, 6) is -0.837. The molecule has 0 aliphatic heterocycles. The van der Waals surface area contributed by atoms with Crippen molar-refractivity contribution in [2.45, 2.75) is 90.6 Å². The van der Waals surface area contributed by atoms with Crippen molar-refractivity contribution in [2.75, 3.05) is 47.5 Å². The number of carbonyl (C=O) groups is 2. The van der Waals surface area contributed by atoms with Crippen molar-refractivity contribution < 1.29 is 42.1 Å². The highest BCUT2D eigenvalue weighted by atomic mass is 31.2. The van der Waals surface area contributed by atoms with E-state index in [1.807, 2.05) is 21.1 Å². The topological polar surface area (TPSA) is 108 Å². The number of esters is 2. The molecule has 0 aliphatic carbocycles. The second kappa shape index (κ2) is 18.4. The molecule has 196 valence electrons. The zero-order chi connectivity index (χ0) is 25.2. The van der Waals surface area contributed by atoms with Gasteiger partial charge in [0.1, 0.15) is 19.8 Å². The maximum atomic E-state index is 12.2. The Bertz CT molecular complexity index is 579. The minimum absolute atomic E-state index is 0.0340. The summed E-state index contributed by atoms with van der Waals surface area (Å²) in [6.45, 7) is 4.13. The normalized spacial score (nSPS) is 14.5. The molecule has 0 saturated heterocycles. The van der Waals surface area contributed by atoms with E-state index in [2.05, 4.69) is 13.8 Å². The van der Waals surface area contributed by atoms with Crippen LogP contribution in [0.15, 0.2) is 0 Å². The van der Waals surface area contributed by atoms with Crippen LogP contribution in [0.3, 0.4) is 0 Å². The molecule has 10 heteroatoms. The molecule has 0 radical (unpaired) electrons. The second-order valence-electron chi connectivity index (χ2n) is 9.38. The van der Waals surface area contributed by atoms with Gasteiger partial charge in [-0.25, -0.2) is 4.57 Å². The van der Waals surface area contributed by atoms with Gasteiger partial charge in [-0.05, 0) is 12.8 Å². The summed E-state index contributed by atoms with van der Waals surface area (Å²) >= 11 is 0. The van der Waals surface area contributed by atoms with Gasteiger partial charge in [-0.1, -0.05) is 58.8 Å². The number of ether oxygens (including phenoxy) is 2. The van der Waals surface area contributed by atoms with E-state index in [0.717, 1.165) is 51.4 Å². The van der Waals surface area contributed by atoms with Gasteiger partial charge in [0, 0.05) is 12.8 Å². The van der Waals surface area contributed by atoms with Crippen LogP contribution in [0, 0.1) is 0 Å². The lowest BCUT2D eigenvalue weighted by Gasteiger charge is -2.24. The highest BCUT2D eigenvalue weighted by Crippen LogP contribution is 2.43. The first-order valence-corrected chi connectivity index (χ1v) is 13.8. The van der Waals surface area contributed by atoms with Crippen LogP contribution in [-0.4, -0.2) is 74.9 Å². The highest BCUT2D eigenvalue weighted by molar-refractivity contribution is 7.47. The van der Waals surface area contributed by atoms with E-state index in [1.165, 1.54) is 0 Å². The number of nitrogens with zero attached hydrogens (tertiary/aromatic N) is 1. The fraction of sp³-hybridized carbons (Fsp3) is 0.913. The van der Waals surface area contributed by atoms with E-state index in [9.17, 15) is 19.0 Å². The number of phosphoric acid groups is 1. The maximum absolute atomic E-state index is 12.2. The number of likely N-dealkylation sites (N-methyl/N-ethyl adjacent to an activating group) is 1. The SMILES string of the molecule is CCCCCCCC(=O)OC(COC(=O)CCCCCC)COP(=O)(O)OCC[N+](C)(C)C. The first-order valence-electron chi connectivity index (χ1n) is 12.3. The van der Waals surface area contributed by atoms with Crippen LogP contribution in [-0.2, 0) is 32.7 Å². The molecule has 0 bridgehead atoms. The molecule has 0 aromatic heterocycles. The Morgan fingerprint density at radius 1 is 0.818 bits per heavy atom. The molecule has 2 unspecified atom stereocenters. The van der Waals surface area contributed by atoms with Crippen LogP contribution in [0.5, 0.6) is 0 Å². The summed E-state index contributed by atoms with van der Waals surface area (Å²) in [5, 5.41) is 0. The number of hydrogen-bond donors (Lipinski definition) is 1. The third-order valence-corrected chi connectivity index (χ3v) is 5.87. The van der Waals surface area contributed by atoms with Crippen LogP contribution in [0.2, 0.25) is 0 Å². The van der Waals surface area contributed by atoms with Crippen LogP contribution < -0.4 is 0 Å². The Morgan fingerprint density at radius 2 is 1.36 bits per heavy atom. The molecule has 0 rings (SSSR count). The van der Waals surface area contributed by atoms with Crippen LogP contribution in [0.25, 0.3) is 0 Å². The highest BCUT2D eigenvalue weighted by Gasteiger charge is 2.26. The van der Waals surface area contributed by atoms with E-state index < -0.39 is 32.5 Å². The molecule has 9 nitrogen and oxygen atoms in total. The molecule has 0 fully saturated rings. The minimum Gasteiger partial charge on any atom is -0.462 e. The van der Waals surface area contributed by atoms with Gasteiger partial charge < -0.3 is 18.9 Å². The van der Waals surface area contributed by atoms with Gasteiger partial charge in [0.15, 0.2) is 6.10 Å². The molecule has 0 aromatic rings. The molecule has 0 heterocycles. The minimum atomic E-state index is -4.32. The van der Waals surface area contributed by atoms with E-state index in [-0.39, 0.29) is 26.1 Å². The Labute approximate surface area is 200 Å². The van der Waals surface area contributed by atoms with Gasteiger partial charge in [-0.2, -0.15) is 0 Å². The van der Waals surface area contributed by atoms with E-state index in [0.29, 0.717) is 17.4 Å². The van der Waals surface area contributed by atoms with Crippen molar-refractivity contribution in [2.24, 2.45) is 0 Å². The number of rotatable bonds is 21. The molecule has 0 spiro atoms. The van der Waals surface area contributed by atoms with Crippen LogP contribution in [0.4, 0.5) is 0 Å². The summed E-state index contributed by atoms with van der Waals surface area (Å²) in [7, 11) is 1.47. The van der Waals surface area contributed by atoms with Crippen molar-refractivity contribution >= 4 is 19.8 Å². The average molecular weight is 497 g/mol. The van der Waals surface area contributed by atoms with Crippen LogP contribution in [0.1, 0.15) is 84.5 Å². The number of carbonyl (C=O) groups excluding carboxylic acids is 2. The van der Waals surface area contributed by atoms with E-state index >= 15 is 0 Å². The Kier molecular flexibility index (Phi) is 17.8. The fourth-order valence-electron chi connectivity index (χ4n) is 2.83. The quantitative estimate of drug-likeness (QED) is 0.106. The Morgan fingerprint density at radius 3 is 1.94 bits per heavy atom. The van der Waals surface area contributed by atoms with Gasteiger partial charge in [0.05, 0.1) is 27.7 Å². The van der Waals surface area contributed by atoms with E-state index in [4.69, 9.17) is 18.5 Å².